The van der Waals surface area contributed by atoms with E-state index in [-0.39, 0.29) is 29.4 Å². The van der Waals surface area contributed by atoms with Gasteiger partial charge < -0.3 is 10.2 Å². The average Bonchev–Trinajstić information content (AvgIpc) is 2.69. The smallest absolute Gasteiger partial charge is 0.356 e. The molecular weight excluding hydrogens is 422 g/mol. The SMILES string of the molecule is CC1CCN(c2nc(C(F)(F)F)ccc2CNC(=O)Cc2c(F)cccc2Cl)CC1. The molecule has 0 unspecified atom stereocenters. The van der Waals surface area contributed by atoms with Gasteiger partial charge in [0.15, 0.2) is 0 Å². The molecule has 4 nitrogen and oxygen atoms in total. The third-order valence-corrected chi connectivity index (χ3v) is 5.56. The summed E-state index contributed by atoms with van der Waals surface area (Å²) < 4.78 is 53.4. The summed E-state index contributed by atoms with van der Waals surface area (Å²) in [6.45, 7) is 3.28. The molecule has 1 saturated heterocycles. The van der Waals surface area contributed by atoms with Crippen molar-refractivity contribution in [2.24, 2.45) is 5.92 Å². The number of carbonyl (C=O) groups is 1. The van der Waals surface area contributed by atoms with Crippen LogP contribution in [0.4, 0.5) is 23.4 Å². The van der Waals surface area contributed by atoms with Crippen molar-refractivity contribution < 1.29 is 22.4 Å². The van der Waals surface area contributed by atoms with Crippen LogP contribution in [0.2, 0.25) is 5.02 Å². The zero-order chi connectivity index (χ0) is 21.9. The number of alkyl halides is 3. The van der Waals surface area contributed by atoms with Gasteiger partial charge in [-0.15, -0.1) is 0 Å². The summed E-state index contributed by atoms with van der Waals surface area (Å²) >= 11 is 5.95. The normalized spacial score (nSPS) is 15.3. The van der Waals surface area contributed by atoms with Gasteiger partial charge in [-0.25, -0.2) is 9.37 Å². The zero-order valence-corrected chi connectivity index (χ0v) is 17.2. The fraction of sp³-hybridized carbons (Fsp3) is 0.429. The summed E-state index contributed by atoms with van der Waals surface area (Å²) in [6, 6.07) is 6.38. The zero-order valence-electron chi connectivity index (χ0n) is 16.4. The predicted octanol–water partition coefficient (Wildman–Crippen LogP) is 4.99. The van der Waals surface area contributed by atoms with Crippen LogP contribution in [0.1, 0.15) is 36.6 Å². The Morgan fingerprint density at radius 3 is 2.57 bits per heavy atom. The number of piperidine rings is 1. The number of rotatable bonds is 5. The van der Waals surface area contributed by atoms with Crippen LogP contribution in [0.15, 0.2) is 30.3 Å². The summed E-state index contributed by atoms with van der Waals surface area (Å²) in [5.74, 6) is -0.348. The second kappa shape index (κ2) is 9.20. The lowest BCUT2D eigenvalue weighted by molar-refractivity contribution is -0.141. The Morgan fingerprint density at radius 1 is 1.23 bits per heavy atom. The van der Waals surface area contributed by atoms with Gasteiger partial charge in [0.25, 0.3) is 0 Å². The van der Waals surface area contributed by atoms with Gasteiger partial charge in [-0.3, -0.25) is 4.79 Å². The maximum atomic E-state index is 13.9. The first-order chi connectivity index (χ1) is 14.1. The maximum Gasteiger partial charge on any atom is 0.433 e. The lowest BCUT2D eigenvalue weighted by Gasteiger charge is -2.33. The minimum Gasteiger partial charge on any atom is -0.356 e. The third-order valence-electron chi connectivity index (χ3n) is 5.20. The molecule has 9 heteroatoms. The van der Waals surface area contributed by atoms with E-state index < -0.39 is 23.6 Å². The largest absolute Gasteiger partial charge is 0.433 e. The summed E-state index contributed by atoms with van der Waals surface area (Å²) in [6.07, 6.45) is -3.11. The number of nitrogens with one attached hydrogen (secondary N) is 1. The molecule has 1 fully saturated rings. The minimum absolute atomic E-state index is 0.0164. The Hall–Kier alpha value is -2.35. The summed E-state index contributed by atoms with van der Waals surface area (Å²) in [4.78, 5) is 18.0. The molecule has 0 aliphatic carbocycles. The third kappa shape index (κ3) is 5.41. The second-order valence-electron chi connectivity index (χ2n) is 7.50. The predicted molar refractivity (Wildman–Crippen MR) is 107 cm³/mol. The molecule has 3 rings (SSSR count). The summed E-state index contributed by atoms with van der Waals surface area (Å²) in [7, 11) is 0. The first-order valence-corrected chi connectivity index (χ1v) is 10.0. The van der Waals surface area contributed by atoms with Crippen molar-refractivity contribution in [3.63, 3.8) is 0 Å². The molecule has 1 aliphatic heterocycles. The molecule has 2 heterocycles. The van der Waals surface area contributed by atoms with Crippen molar-refractivity contribution in [1.82, 2.24) is 10.3 Å². The van der Waals surface area contributed by atoms with Crippen molar-refractivity contribution in [1.29, 1.82) is 0 Å². The maximum absolute atomic E-state index is 13.9. The molecule has 162 valence electrons. The van der Waals surface area contributed by atoms with E-state index in [1.807, 2.05) is 4.90 Å². The van der Waals surface area contributed by atoms with E-state index in [2.05, 4.69) is 17.2 Å². The fourth-order valence-corrected chi connectivity index (χ4v) is 3.62. The van der Waals surface area contributed by atoms with Crippen LogP contribution in [0.5, 0.6) is 0 Å². The Kier molecular flexibility index (Phi) is 6.85. The second-order valence-corrected chi connectivity index (χ2v) is 7.91. The van der Waals surface area contributed by atoms with Gasteiger partial charge in [0, 0.05) is 35.8 Å². The molecule has 1 aromatic heterocycles. The van der Waals surface area contributed by atoms with Crippen LogP contribution >= 0.6 is 11.6 Å². The molecular formula is C21H22ClF4N3O. The number of anilines is 1. The Bertz CT molecular complexity index is 891. The number of hydrogen-bond acceptors (Lipinski definition) is 3. The van der Waals surface area contributed by atoms with Crippen LogP contribution in [-0.4, -0.2) is 24.0 Å². The number of nitrogens with zero attached hydrogens (tertiary/aromatic N) is 2. The van der Waals surface area contributed by atoms with Gasteiger partial charge >= 0.3 is 6.18 Å². The first kappa shape index (κ1) is 22.3. The molecule has 0 radical (unpaired) electrons. The van der Waals surface area contributed by atoms with Crippen molar-refractivity contribution in [2.75, 3.05) is 18.0 Å². The van der Waals surface area contributed by atoms with Crippen LogP contribution in [0.25, 0.3) is 0 Å². The van der Waals surface area contributed by atoms with E-state index >= 15 is 0 Å². The van der Waals surface area contributed by atoms with Gasteiger partial charge in [-0.05, 0) is 37.0 Å². The highest BCUT2D eigenvalue weighted by Crippen LogP contribution is 2.32. The molecule has 1 N–H and O–H groups in total. The first-order valence-electron chi connectivity index (χ1n) is 9.67. The number of halogens is 5. The van der Waals surface area contributed by atoms with Gasteiger partial charge in [-0.2, -0.15) is 13.2 Å². The summed E-state index contributed by atoms with van der Waals surface area (Å²) in [5, 5.41) is 2.78. The highest BCUT2D eigenvalue weighted by Gasteiger charge is 2.34. The molecule has 0 atom stereocenters. The van der Waals surface area contributed by atoms with E-state index in [9.17, 15) is 22.4 Å². The standard InChI is InChI=1S/C21H22ClF4N3O/c1-13-7-9-29(10-8-13)20-14(5-6-18(28-20)21(24,25)26)12-27-19(30)11-15-16(22)3-2-4-17(15)23/h2-6,13H,7-12H2,1H3,(H,27,30). The van der Waals surface area contributed by atoms with E-state index in [0.717, 1.165) is 18.9 Å². The van der Waals surface area contributed by atoms with Crippen LogP contribution in [0.3, 0.4) is 0 Å². The highest BCUT2D eigenvalue weighted by molar-refractivity contribution is 6.31. The quantitative estimate of drug-likeness (QED) is 0.662. The van der Waals surface area contributed by atoms with Crippen LogP contribution in [0, 0.1) is 11.7 Å². The summed E-state index contributed by atoms with van der Waals surface area (Å²) in [5.41, 5.74) is -0.415. The highest BCUT2D eigenvalue weighted by atomic mass is 35.5. The Labute approximate surface area is 177 Å². The molecule has 0 saturated carbocycles. The Morgan fingerprint density at radius 2 is 1.93 bits per heavy atom. The Balaban J connectivity index is 1.76. The molecule has 1 aliphatic rings. The topological polar surface area (TPSA) is 45.2 Å². The van der Waals surface area contributed by atoms with Crippen molar-refractivity contribution in [3.05, 3.63) is 58.0 Å². The monoisotopic (exact) mass is 443 g/mol. The van der Waals surface area contributed by atoms with Crippen LogP contribution < -0.4 is 10.2 Å². The van der Waals surface area contributed by atoms with Gasteiger partial charge in [0.1, 0.15) is 17.3 Å². The van der Waals surface area contributed by atoms with Crippen molar-refractivity contribution >= 4 is 23.3 Å². The molecule has 1 amide bonds. The van der Waals surface area contributed by atoms with Crippen molar-refractivity contribution in [3.8, 4) is 0 Å². The molecule has 0 spiro atoms. The molecule has 0 bridgehead atoms. The average molecular weight is 444 g/mol. The number of carbonyl (C=O) groups excluding carboxylic acids is 1. The number of hydrogen-bond donors (Lipinski definition) is 1. The fourth-order valence-electron chi connectivity index (χ4n) is 3.39. The van der Waals surface area contributed by atoms with Gasteiger partial charge in [0.05, 0.1) is 6.42 Å². The lowest BCUT2D eigenvalue weighted by Crippen LogP contribution is -2.35. The van der Waals surface area contributed by atoms with Crippen LogP contribution in [-0.2, 0) is 23.9 Å². The lowest BCUT2D eigenvalue weighted by atomic mass is 9.99. The number of benzene rings is 1. The van der Waals surface area contributed by atoms with Gasteiger partial charge in [-0.1, -0.05) is 30.7 Å². The van der Waals surface area contributed by atoms with E-state index in [1.165, 1.54) is 24.3 Å². The van der Waals surface area contributed by atoms with Crippen molar-refractivity contribution in [2.45, 2.75) is 38.9 Å². The van der Waals surface area contributed by atoms with E-state index in [1.54, 1.807) is 0 Å². The minimum atomic E-state index is -4.55. The van der Waals surface area contributed by atoms with Gasteiger partial charge in [0.2, 0.25) is 5.91 Å². The molecule has 2 aromatic rings. The van der Waals surface area contributed by atoms with E-state index in [4.69, 9.17) is 11.6 Å². The number of aromatic nitrogens is 1. The number of amides is 1. The molecule has 30 heavy (non-hydrogen) atoms. The molecule has 1 aromatic carbocycles. The van der Waals surface area contributed by atoms with E-state index in [0.29, 0.717) is 24.6 Å². The number of pyridine rings is 1.